The van der Waals surface area contributed by atoms with Gasteiger partial charge in [-0.2, -0.15) is 0 Å². The summed E-state index contributed by atoms with van der Waals surface area (Å²) in [5, 5.41) is 21.0. The maximum atomic E-state index is 10.6. The fraction of sp³-hybridized carbons (Fsp3) is 0.600. The molecule has 94 valence electrons. The maximum Gasteiger partial charge on any atom is 0.108 e. The monoisotopic (exact) mass is 234 g/mol. The molecule has 0 spiro atoms. The third-order valence-electron chi connectivity index (χ3n) is 3.96. The Kier molecular flexibility index (Phi) is 3.55. The molecule has 1 aliphatic rings. The lowest BCUT2D eigenvalue weighted by molar-refractivity contribution is -0.0994. The molecule has 0 saturated heterocycles. The molecule has 1 aromatic carbocycles. The molecule has 1 unspecified atom stereocenters. The molecule has 1 aliphatic carbocycles. The highest BCUT2D eigenvalue weighted by molar-refractivity contribution is 5.33. The Morgan fingerprint density at radius 2 is 1.76 bits per heavy atom. The van der Waals surface area contributed by atoms with Gasteiger partial charge >= 0.3 is 0 Å². The summed E-state index contributed by atoms with van der Waals surface area (Å²) < 4.78 is 0. The number of hydrogen-bond donors (Lipinski definition) is 2. The van der Waals surface area contributed by atoms with Crippen LogP contribution in [0.25, 0.3) is 0 Å². The molecule has 1 aromatic rings. The average Bonchev–Trinajstić information content (AvgIpc) is 2.32. The van der Waals surface area contributed by atoms with Gasteiger partial charge in [0.15, 0.2) is 0 Å². The molecule has 1 atom stereocenters. The molecule has 17 heavy (non-hydrogen) atoms. The molecule has 0 radical (unpaired) electrons. The van der Waals surface area contributed by atoms with Crippen molar-refractivity contribution in [2.24, 2.45) is 0 Å². The lowest BCUT2D eigenvalue weighted by atomic mass is 9.77. The first-order valence-corrected chi connectivity index (χ1v) is 6.50. The smallest absolute Gasteiger partial charge is 0.108 e. The quantitative estimate of drug-likeness (QED) is 0.825. The van der Waals surface area contributed by atoms with Crippen LogP contribution in [0, 0.1) is 13.8 Å². The van der Waals surface area contributed by atoms with Gasteiger partial charge in [-0.25, -0.2) is 0 Å². The standard InChI is InChI=1S/C15H22O2/c1-11-6-7-12(2)13(10-11)14(16)15(17)8-4-3-5-9-15/h6-7,10,14,16-17H,3-5,8-9H2,1-2H3. The average molecular weight is 234 g/mol. The van der Waals surface area contributed by atoms with E-state index in [9.17, 15) is 10.2 Å². The zero-order valence-electron chi connectivity index (χ0n) is 10.7. The number of aliphatic hydroxyl groups is 2. The summed E-state index contributed by atoms with van der Waals surface area (Å²) in [5.74, 6) is 0. The molecule has 2 nitrogen and oxygen atoms in total. The van der Waals surface area contributed by atoms with E-state index in [-0.39, 0.29) is 0 Å². The van der Waals surface area contributed by atoms with Gasteiger partial charge in [0.2, 0.25) is 0 Å². The Morgan fingerprint density at radius 3 is 2.41 bits per heavy atom. The molecule has 1 fully saturated rings. The first-order valence-electron chi connectivity index (χ1n) is 6.50. The van der Waals surface area contributed by atoms with E-state index in [1.54, 1.807) is 0 Å². The summed E-state index contributed by atoms with van der Waals surface area (Å²) >= 11 is 0. The van der Waals surface area contributed by atoms with E-state index >= 15 is 0 Å². The zero-order chi connectivity index (χ0) is 12.5. The summed E-state index contributed by atoms with van der Waals surface area (Å²) in [7, 11) is 0. The highest BCUT2D eigenvalue weighted by Crippen LogP contribution is 2.39. The van der Waals surface area contributed by atoms with Crippen molar-refractivity contribution in [2.75, 3.05) is 0 Å². The molecular formula is C15H22O2. The van der Waals surface area contributed by atoms with Gasteiger partial charge in [0, 0.05) is 0 Å². The fourth-order valence-corrected chi connectivity index (χ4v) is 2.78. The number of benzene rings is 1. The Bertz CT molecular complexity index is 392. The number of aryl methyl sites for hydroxylation is 2. The second kappa shape index (κ2) is 4.79. The molecule has 0 amide bonds. The van der Waals surface area contributed by atoms with E-state index in [1.165, 1.54) is 6.42 Å². The minimum Gasteiger partial charge on any atom is -0.387 e. The second-order valence-electron chi connectivity index (χ2n) is 5.43. The van der Waals surface area contributed by atoms with Crippen molar-refractivity contribution in [3.63, 3.8) is 0 Å². The van der Waals surface area contributed by atoms with E-state index < -0.39 is 11.7 Å². The van der Waals surface area contributed by atoms with Crippen molar-refractivity contribution < 1.29 is 10.2 Å². The number of rotatable bonds is 2. The van der Waals surface area contributed by atoms with Gasteiger partial charge in [-0.05, 0) is 37.8 Å². The van der Waals surface area contributed by atoms with Gasteiger partial charge in [0.05, 0.1) is 5.60 Å². The minimum absolute atomic E-state index is 0.710. The molecule has 2 rings (SSSR count). The molecule has 2 heteroatoms. The largest absolute Gasteiger partial charge is 0.387 e. The van der Waals surface area contributed by atoms with Crippen LogP contribution in [0.2, 0.25) is 0 Å². The van der Waals surface area contributed by atoms with Gasteiger partial charge in [-0.15, -0.1) is 0 Å². The first kappa shape index (κ1) is 12.6. The van der Waals surface area contributed by atoms with Crippen LogP contribution in [0.4, 0.5) is 0 Å². The molecule has 2 N–H and O–H groups in total. The fourth-order valence-electron chi connectivity index (χ4n) is 2.78. The van der Waals surface area contributed by atoms with Crippen LogP contribution in [0.15, 0.2) is 18.2 Å². The van der Waals surface area contributed by atoms with E-state index in [4.69, 9.17) is 0 Å². The molecule has 0 bridgehead atoms. The van der Waals surface area contributed by atoms with Crippen LogP contribution in [-0.2, 0) is 0 Å². The Hall–Kier alpha value is -0.860. The number of aliphatic hydroxyl groups excluding tert-OH is 1. The van der Waals surface area contributed by atoms with Crippen LogP contribution >= 0.6 is 0 Å². The Morgan fingerprint density at radius 1 is 1.12 bits per heavy atom. The van der Waals surface area contributed by atoms with E-state index in [1.807, 2.05) is 32.0 Å². The highest BCUT2D eigenvalue weighted by Gasteiger charge is 2.38. The molecular weight excluding hydrogens is 212 g/mol. The maximum absolute atomic E-state index is 10.6. The number of hydrogen-bond acceptors (Lipinski definition) is 2. The third kappa shape index (κ3) is 2.53. The van der Waals surface area contributed by atoms with Crippen molar-refractivity contribution in [3.05, 3.63) is 34.9 Å². The SMILES string of the molecule is Cc1ccc(C)c(C(O)C2(O)CCCCC2)c1. The zero-order valence-corrected chi connectivity index (χ0v) is 10.7. The lowest BCUT2D eigenvalue weighted by Crippen LogP contribution is -2.38. The van der Waals surface area contributed by atoms with E-state index in [2.05, 4.69) is 0 Å². The van der Waals surface area contributed by atoms with E-state index in [0.717, 1.165) is 29.5 Å². The van der Waals surface area contributed by atoms with Crippen molar-refractivity contribution in [3.8, 4) is 0 Å². The van der Waals surface area contributed by atoms with Crippen molar-refractivity contribution in [1.82, 2.24) is 0 Å². The Balaban J connectivity index is 2.29. The molecule has 0 heterocycles. The van der Waals surface area contributed by atoms with Gasteiger partial charge in [-0.1, -0.05) is 43.0 Å². The predicted molar refractivity (Wildman–Crippen MR) is 68.9 cm³/mol. The highest BCUT2D eigenvalue weighted by atomic mass is 16.3. The van der Waals surface area contributed by atoms with Gasteiger partial charge in [0.25, 0.3) is 0 Å². The molecule has 0 aliphatic heterocycles. The summed E-state index contributed by atoms with van der Waals surface area (Å²) in [6, 6.07) is 6.04. The van der Waals surface area contributed by atoms with Gasteiger partial charge in [0.1, 0.15) is 6.10 Å². The Labute approximate surface area is 103 Å². The first-order chi connectivity index (χ1) is 8.03. The van der Waals surface area contributed by atoms with Crippen LogP contribution in [0.3, 0.4) is 0 Å². The van der Waals surface area contributed by atoms with Crippen molar-refractivity contribution >= 4 is 0 Å². The predicted octanol–water partition coefficient (Wildman–Crippen LogP) is 3.03. The van der Waals surface area contributed by atoms with Crippen LogP contribution < -0.4 is 0 Å². The van der Waals surface area contributed by atoms with Crippen LogP contribution in [-0.4, -0.2) is 15.8 Å². The second-order valence-corrected chi connectivity index (χ2v) is 5.43. The van der Waals surface area contributed by atoms with E-state index in [0.29, 0.717) is 12.8 Å². The van der Waals surface area contributed by atoms with Crippen molar-refractivity contribution in [2.45, 2.75) is 57.7 Å². The van der Waals surface area contributed by atoms with Crippen molar-refractivity contribution in [1.29, 1.82) is 0 Å². The summed E-state index contributed by atoms with van der Waals surface area (Å²) in [6.07, 6.45) is 3.87. The summed E-state index contributed by atoms with van der Waals surface area (Å²) in [6.45, 7) is 4.00. The summed E-state index contributed by atoms with van der Waals surface area (Å²) in [4.78, 5) is 0. The normalized spacial score (nSPS) is 21.2. The topological polar surface area (TPSA) is 40.5 Å². The van der Waals surface area contributed by atoms with Gasteiger partial charge in [-0.3, -0.25) is 0 Å². The van der Waals surface area contributed by atoms with Crippen LogP contribution in [0.1, 0.15) is 54.9 Å². The molecule has 0 aromatic heterocycles. The lowest BCUT2D eigenvalue weighted by Gasteiger charge is -2.37. The van der Waals surface area contributed by atoms with Crippen LogP contribution in [0.5, 0.6) is 0 Å². The minimum atomic E-state index is -0.920. The third-order valence-corrected chi connectivity index (χ3v) is 3.96. The molecule has 1 saturated carbocycles. The summed E-state index contributed by atoms with van der Waals surface area (Å²) in [5.41, 5.74) is 2.15. The van der Waals surface area contributed by atoms with Gasteiger partial charge < -0.3 is 10.2 Å².